The SMILES string of the molecule is C.COP(=O)(O)OC[C@H]1O[C@@H](n2cnc3c(N)ncnc32)C[C@@H]1OP(=O)(O)OC[C@@H]1C[C@@H](O)CN1C(=O)CCCCCCCCC(=O)NC(COCCC(=O)CCCCN)(COCCC(=O)CCCCN)COCCC(=O)NCCCCC(=O)CCCCO. The monoisotopic (exact) mass is 1310 g/mol. The van der Waals surface area contributed by atoms with Crippen molar-refractivity contribution in [2.45, 2.75) is 204 Å². The van der Waals surface area contributed by atoms with Gasteiger partial charge in [-0.15, -0.1) is 0 Å². The molecule has 0 bridgehead atoms. The predicted octanol–water partition coefficient (Wildman–Crippen LogP) is 4.17. The average molecular weight is 1310 g/mol. The number of aromatic nitrogens is 4. The van der Waals surface area contributed by atoms with E-state index < -0.39 is 65.0 Å². The number of rotatable bonds is 52. The van der Waals surface area contributed by atoms with E-state index in [9.17, 15) is 52.8 Å². The largest absolute Gasteiger partial charge is 0.472 e. The molecule has 3 amide bonds. The number of phosphoric acid groups is 2. The van der Waals surface area contributed by atoms with Crippen molar-refractivity contribution < 1.29 is 94.9 Å². The summed E-state index contributed by atoms with van der Waals surface area (Å²) in [6.07, 6.45) is 9.69. The van der Waals surface area contributed by atoms with Gasteiger partial charge in [0.25, 0.3) is 0 Å². The lowest BCUT2D eigenvalue weighted by molar-refractivity contribution is -0.133. The summed E-state index contributed by atoms with van der Waals surface area (Å²) in [7, 11) is -8.45. The third-order valence-corrected chi connectivity index (χ3v) is 16.9. The fourth-order valence-electron chi connectivity index (χ4n) is 10.0. The predicted molar refractivity (Wildman–Crippen MR) is 327 cm³/mol. The van der Waals surface area contributed by atoms with Gasteiger partial charge in [-0.1, -0.05) is 33.1 Å². The van der Waals surface area contributed by atoms with Gasteiger partial charge in [-0.25, -0.2) is 24.1 Å². The molecule has 2 aromatic heterocycles. The number of carbonyl (C=O) groups is 6. The van der Waals surface area contributed by atoms with Crippen molar-refractivity contribution >= 4 is 67.7 Å². The van der Waals surface area contributed by atoms with E-state index >= 15 is 0 Å². The number of nitrogen functional groups attached to an aromatic ring is 1. The Morgan fingerprint density at radius 1 is 0.685 bits per heavy atom. The number of amides is 3. The molecule has 2 aliphatic rings. The number of aliphatic hydroxyl groups is 2. The molecule has 4 rings (SSSR count). The van der Waals surface area contributed by atoms with E-state index in [1.807, 2.05) is 0 Å². The van der Waals surface area contributed by atoms with Gasteiger partial charge in [0.1, 0.15) is 53.2 Å². The molecular weight excluding hydrogens is 1210 g/mol. The molecule has 0 radical (unpaired) electrons. The van der Waals surface area contributed by atoms with Crippen molar-refractivity contribution in [1.29, 1.82) is 0 Å². The summed E-state index contributed by atoms with van der Waals surface area (Å²) in [5.74, 6) is -0.576. The third kappa shape index (κ3) is 31.2. The molecule has 2 saturated heterocycles. The standard InChI is InChI=1S/C56H98N10O20P2.CH4/c1-79-87(75,76)84-36-48-47(33-52(85-48)66-41-63-53-54(59)61-40-62-55(53)66)86-88(77,78)83-35-42-32-46(71)34-65(42)51(74)21-7-5-3-2-4-6-20-50(73)64-56(37-80-29-22-44(69)16-8-12-25-57,38-81-30-23-45(70)17-9-13-26-58)39-82-31-24-49(72)60-27-14-10-18-43(68)19-11-15-28-67;/h40-42,46-48,52,67,71H,2-39,57-58H2,1H3,(H,60,72)(H,64,73)(H,75,76)(H,77,78)(H2,59,61,62);1H4/t42-,46+,47-,48+,52+;/m0./s1. The number of ether oxygens (including phenoxy) is 4. The summed E-state index contributed by atoms with van der Waals surface area (Å²) in [5, 5.41) is 25.4. The number of hydrogen-bond donors (Lipinski definition) is 9. The normalized spacial score (nSPS) is 19.0. The van der Waals surface area contributed by atoms with Crippen LogP contribution in [-0.2, 0) is 74.9 Å². The number of carbonyl (C=O) groups excluding carboxylic acids is 6. The number of Topliss-reactive ketones (excluding diaryl/α,β-unsaturated/α-hetero) is 3. The van der Waals surface area contributed by atoms with Gasteiger partial charge in [0.05, 0.1) is 71.3 Å². The highest BCUT2D eigenvalue weighted by Gasteiger charge is 2.45. The van der Waals surface area contributed by atoms with Crippen LogP contribution in [0.1, 0.15) is 174 Å². The van der Waals surface area contributed by atoms with Gasteiger partial charge in [0, 0.05) is 91.0 Å². The molecular formula is C57H102N10O20P2. The number of nitrogens with zero attached hydrogens (tertiary/aromatic N) is 5. The van der Waals surface area contributed by atoms with Crippen molar-refractivity contribution in [2.24, 2.45) is 11.5 Å². The maximum atomic E-state index is 13.7. The van der Waals surface area contributed by atoms with Crippen LogP contribution in [0.25, 0.3) is 11.2 Å². The summed E-state index contributed by atoms with van der Waals surface area (Å²) in [4.78, 5) is 112. The number of imidazole rings is 1. The topological polar surface area (TPSA) is 440 Å². The molecule has 0 aliphatic carbocycles. The van der Waals surface area contributed by atoms with E-state index in [0.717, 1.165) is 32.8 Å². The van der Waals surface area contributed by atoms with E-state index in [-0.39, 0.29) is 157 Å². The van der Waals surface area contributed by atoms with Crippen LogP contribution < -0.4 is 27.8 Å². The number of unbranched alkanes of at least 4 members (excludes halogenated alkanes) is 9. The Balaban J connectivity index is 0.0000207. The number of phosphoric ester groups is 2. The first-order valence-corrected chi connectivity index (χ1v) is 33.8. The smallest absolute Gasteiger partial charge is 0.396 e. The quantitative estimate of drug-likeness (QED) is 0.0331. The molecule has 0 saturated carbocycles. The highest BCUT2D eigenvalue weighted by Crippen LogP contribution is 2.50. The molecule has 89 heavy (non-hydrogen) atoms. The maximum Gasteiger partial charge on any atom is 0.472 e. The van der Waals surface area contributed by atoms with Crippen molar-refractivity contribution in [2.75, 3.05) is 98.5 Å². The van der Waals surface area contributed by atoms with E-state index in [1.54, 1.807) is 0 Å². The van der Waals surface area contributed by atoms with Crippen LogP contribution in [0.2, 0.25) is 0 Å². The summed E-state index contributed by atoms with van der Waals surface area (Å²) < 4.78 is 71.8. The number of fused-ring (bicyclic) bond motifs is 1. The van der Waals surface area contributed by atoms with Crippen molar-refractivity contribution in [1.82, 2.24) is 35.1 Å². The number of hydrogen-bond acceptors (Lipinski definition) is 24. The van der Waals surface area contributed by atoms with Crippen LogP contribution in [0.4, 0.5) is 5.82 Å². The minimum absolute atomic E-state index is 0. The van der Waals surface area contributed by atoms with Gasteiger partial charge in [0.2, 0.25) is 17.7 Å². The number of likely N-dealkylation sites (tertiary alicyclic amines) is 1. The van der Waals surface area contributed by atoms with Gasteiger partial charge in [-0.3, -0.25) is 51.4 Å². The minimum atomic E-state index is -4.92. The second-order valence-electron chi connectivity index (χ2n) is 22.3. The first kappa shape index (κ1) is 78.9. The van der Waals surface area contributed by atoms with Gasteiger partial charge in [-0.05, 0) is 83.7 Å². The Labute approximate surface area is 522 Å². The van der Waals surface area contributed by atoms with E-state index in [1.165, 1.54) is 22.1 Å². The fraction of sp³-hybridized carbons (Fsp3) is 0.807. The lowest BCUT2D eigenvalue weighted by Gasteiger charge is -2.34. The average Bonchev–Trinajstić information content (AvgIpc) is 3.52. The minimum Gasteiger partial charge on any atom is -0.396 e. The molecule has 2 aliphatic heterocycles. The van der Waals surface area contributed by atoms with Crippen molar-refractivity contribution in [3.05, 3.63) is 12.7 Å². The number of anilines is 1. The molecule has 7 atom stereocenters. The Hall–Kier alpha value is -4.33. The lowest BCUT2D eigenvalue weighted by Crippen LogP contribution is -2.58. The summed E-state index contributed by atoms with van der Waals surface area (Å²) in [5.41, 5.74) is 16.4. The molecule has 2 aromatic rings. The second-order valence-corrected chi connectivity index (χ2v) is 25.3. The summed E-state index contributed by atoms with van der Waals surface area (Å²) >= 11 is 0. The van der Waals surface area contributed by atoms with Gasteiger partial charge >= 0.3 is 15.6 Å². The highest BCUT2D eigenvalue weighted by molar-refractivity contribution is 7.47. The van der Waals surface area contributed by atoms with E-state index in [0.29, 0.717) is 110 Å². The Morgan fingerprint density at radius 2 is 1.24 bits per heavy atom. The van der Waals surface area contributed by atoms with E-state index in [4.69, 9.17) is 54.8 Å². The number of nitrogens with one attached hydrogen (secondary N) is 2. The molecule has 32 heteroatoms. The molecule has 2 unspecified atom stereocenters. The Kier molecular flexibility index (Phi) is 38.6. The zero-order valence-electron chi connectivity index (χ0n) is 51.1. The highest BCUT2D eigenvalue weighted by atomic mass is 31.2. The molecule has 2 fully saturated rings. The van der Waals surface area contributed by atoms with Crippen LogP contribution in [0.15, 0.2) is 12.7 Å². The molecule has 12 N–H and O–H groups in total. The number of aliphatic hydroxyl groups excluding tert-OH is 2. The van der Waals surface area contributed by atoms with Crippen LogP contribution in [0, 0.1) is 0 Å². The van der Waals surface area contributed by atoms with Crippen LogP contribution in [0.3, 0.4) is 0 Å². The Bertz CT molecular complexity index is 2490. The zero-order valence-corrected chi connectivity index (χ0v) is 52.9. The molecule has 0 aromatic carbocycles. The van der Waals surface area contributed by atoms with Crippen molar-refractivity contribution in [3.63, 3.8) is 0 Å². The van der Waals surface area contributed by atoms with Crippen LogP contribution >= 0.6 is 15.6 Å². The van der Waals surface area contributed by atoms with E-state index in [2.05, 4.69) is 30.1 Å². The lowest BCUT2D eigenvalue weighted by atomic mass is 10.0. The summed E-state index contributed by atoms with van der Waals surface area (Å²) in [6, 6.07) is -0.759. The maximum absolute atomic E-state index is 13.7. The third-order valence-electron chi connectivity index (χ3n) is 14.9. The fourth-order valence-corrected chi connectivity index (χ4v) is 11.4. The molecule has 510 valence electrons. The summed E-state index contributed by atoms with van der Waals surface area (Å²) in [6.45, 7) is 0.217. The van der Waals surface area contributed by atoms with Crippen LogP contribution in [-0.4, -0.2) is 202 Å². The second kappa shape index (κ2) is 43.5. The number of nitrogens with two attached hydrogens (primary N) is 3. The molecule has 4 heterocycles. The van der Waals surface area contributed by atoms with Crippen LogP contribution in [0.5, 0.6) is 0 Å². The first-order valence-electron chi connectivity index (χ1n) is 30.8. The van der Waals surface area contributed by atoms with Gasteiger partial charge in [0.15, 0.2) is 11.5 Å². The van der Waals surface area contributed by atoms with Crippen molar-refractivity contribution in [3.8, 4) is 0 Å². The van der Waals surface area contributed by atoms with Gasteiger partial charge in [-0.2, -0.15) is 0 Å². The number of β-amino-alcohol motifs (C(OH)–C–C–N with tert-alkyl or cyclic N) is 1. The first-order chi connectivity index (χ1) is 42.2. The Morgan fingerprint density at radius 3 is 1.84 bits per heavy atom. The molecule has 0 spiro atoms. The molecule has 30 nitrogen and oxygen atoms in total. The van der Waals surface area contributed by atoms with Gasteiger partial charge < -0.3 is 71.7 Å². The zero-order chi connectivity index (χ0) is 64.2. The number of ketones is 3.